The molecule has 5 aromatic carbocycles. The molecule has 488 valence electrons. The third-order valence-corrected chi connectivity index (χ3v) is 19.2. The fourth-order valence-electron chi connectivity index (χ4n) is 13.7. The van der Waals surface area contributed by atoms with Crippen molar-refractivity contribution >= 4 is 0 Å². The summed E-state index contributed by atoms with van der Waals surface area (Å²) in [7, 11) is 9.75. The van der Waals surface area contributed by atoms with Gasteiger partial charge in [-0.2, -0.15) is 0 Å². The lowest BCUT2D eigenvalue weighted by molar-refractivity contribution is -0.661. The van der Waals surface area contributed by atoms with Crippen LogP contribution in [0.25, 0.3) is 56.3 Å². The van der Waals surface area contributed by atoms with E-state index in [1.807, 2.05) is 54.7 Å². The predicted octanol–water partition coefficient (Wildman–Crippen LogP) is 18.9. The molecule has 13 rings (SSSR count). The van der Waals surface area contributed by atoms with Crippen molar-refractivity contribution in [3.8, 4) is 56.3 Å². The number of aryl methyl sites for hydroxylation is 22. The molecule has 5 nitrogen and oxygen atoms in total. The highest BCUT2D eigenvalue weighted by Crippen LogP contribution is 2.33. The van der Waals surface area contributed by atoms with Crippen LogP contribution >= 0.6 is 0 Å². The van der Waals surface area contributed by atoms with E-state index in [0.717, 1.165) is 72.7 Å². The zero-order valence-electron chi connectivity index (χ0n) is 78.9. The molecule has 5 heterocycles. The van der Waals surface area contributed by atoms with Gasteiger partial charge in [-0.3, -0.25) is 0 Å². The standard InChI is InChI=1S/C19H26N.2C18H22N.C17H20N.C17H22N/c1-12(2)17-8-9-18(13(3)10-17)19-16(6)15(5)14(4)11-20(19)7;2*1-13-8-9-17(14(2)10-13)18-11-15-6-4-5-7-16(15)12-19(18)3;1-12-7-8-16(13(2)9-12)17-10-14-5-4-6-15(14)11-18(17)3;1-11-7-8-16(12(2)9-11)17-15(5)14(4)13(3)10-18(17)6/h8-12H,1-7H3;2*8-12H,4-7H2,1-3H3;7-11H,4-6H2,1-3H3;7-10H,1-6H3/q5*+1/i1D3,4D3,12D;1D3,6D2,7D2;;;1D3,3D3. The Morgan fingerprint density at radius 1 is 0.330 bits per heavy atom. The van der Waals surface area contributed by atoms with Crippen LogP contribution in [0.4, 0.5) is 0 Å². The van der Waals surface area contributed by atoms with Gasteiger partial charge in [0.25, 0.3) is 0 Å². The van der Waals surface area contributed by atoms with E-state index in [0.29, 0.717) is 33.4 Å². The Bertz CT molecular complexity index is 5290. The highest BCUT2D eigenvalue weighted by Gasteiger charge is 2.25. The van der Waals surface area contributed by atoms with Crippen molar-refractivity contribution in [2.45, 2.75) is 194 Å². The number of aromatic nitrogens is 5. The molecule has 0 aliphatic heterocycles. The third kappa shape index (κ3) is 16.1. The molecular formula is C89H112N5+5. The van der Waals surface area contributed by atoms with Gasteiger partial charge in [0.05, 0.1) is 0 Å². The minimum atomic E-state index is -2.43. The van der Waals surface area contributed by atoms with Gasteiger partial charge in [0.15, 0.2) is 31.0 Å². The third-order valence-electron chi connectivity index (χ3n) is 19.2. The molecule has 0 saturated heterocycles. The SMILES string of the molecule is Cc1ccc(-c2cc3c(c[n+]2C)CCC3)c(C)c1.Cc1ccc(-c2cc3c(c[n+]2C)CCCC3)c(C)c1.[2H]C([2H])([2H])c1c[n+](C)c(-c2ccc(C([2H])(C)C([2H])([2H])[2H])cc2C)c(C)c1C.[2H]C([2H])([2H])c1ccc(-c2c(C)c(C)c(C([2H])([2H])[2H])c[n+]2C)c(C)c1.[2H]C([2H])([2H])c1ccc(-c2cc3c(c[n+]2C)C([2H])([2H])CCC3([2H])[2H])c(C)c1. The van der Waals surface area contributed by atoms with Crippen LogP contribution in [-0.4, -0.2) is 0 Å². The van der Waals surface area contributed by atoms with Gasteiger partial charge in [0.2, 0.25) is 28.5 Å². The first-order valence-corrected chi connectivity index (χ1v) is 33.1. The summed E-state index contributed by atoms with van der Waals surface area (Å²) in [5, 5.41) is 0. The maximum Gasteiger partial charge on any atom is 0.215 e. The zero-order chi connectivity index (χ0) is 85.0. The number of nitrogens with zero attached hydrogens (tertiary/aromatic N) is 5. The number of pyridine rings is 5. The van der Waals surface area contributed by atoms with Crippen molar-refractivity contribution in [2.24, 2.45) is 35.2 Å². The fraction of sp³-hybridized carbons (Fsp3) is 0.382. The van der Waals surface area contributed by atoms with Crippen molar-refractivity contribution in [1.82, 2.24) is 0 Å². The molecule has 1 unspecified atom stereocenters. The molecule has 3 aliphatic carbocycles. The Balaban J connectivity index is 0.000000164. The molecule has 0 radical (unpaired) electrons. The minimum absolute atomic E-state index is 0.136. The van der Waals surface area contributed by atoms with Crippen LogP contribution in [0.3, 0.4) is 0 Å². The fourth-order valence-corrected chi connectivity index (χ4v) is 13.7. The Hall–Kier alpha value is -8.15. The van der Waals surface area contributed by atoms with Gasteiger partial charge in [-0.05, 0) is 272 Å². The molecule has 0 N–H and O–H groups in total. The second-order valence-electron chi connectivity index (χ2n) is 26.5. The van der Waals surface area contributed by atoms with Gasteiger partial charge in [-0.15, -0.1) is 0 Å². The van der Waals surface area contributed by atoms with Crippen molar-refractivity contribution in [2.75, 3.05) is 0 Å². The topological polar surface area (TPSA) is 19.4 Å². The summed E-state index contributed by atoms with van der Waals surface area (Å²) < 4.78 is 166. The Morgan fingerprint density at radius 3 is 1.12 bits per heavy atom. The summed E-state index contributed by atoms with van der Waals surface area (Å²) in [6.45, 7) is 12.0. The highest BCUT2D eigenvalue weighted by molar-refractivity contribution is 5.69. The van der Waals surface area contributed by atoms with E-state index in [9.17, 15) is 0 Å². The molecule has 1 atom stereocenters. The first-order valence-electron chi connectivity index (χ1n) is 43.1. The van der Waals surface area contributed by atoms with Crippen molar-refractivity contribution < 1.29 is 50.3 Å². The maximum absolute atomic E-state index is 8.30. The van der Waals surface area contributed by atoms with Crippen LogP contribution in [0, 0.1) is 104 Å². The van der Waals surface area contributed by atoms with E-state index in [1.54, 1.807) is 125 Å². The van der Waals surface area contributed by atoms with Crippen LogP contribution in [0.5, 0.6) is 0 Å². The van der Waals surface area contributed by atoms with Crippen LogP contribution in [0.1, 0.15) is 202 Å². The molecule has 94 heavy (non-hydrogen) atoms. The monoisotopic (exact) mass is 1270 g/mol. The molecule has 3 aliphatic rings. The van der Waals surface area contributed by atoms with E-state index in [4.69, 9.17) is 27.4 Å². The molecule has 0 saturated carbocycles. The molecule has 5 aromatic heterocycles. The molecule has 10 aromatic rings. The van der Waals surface area contributed by atoms with Crippen LogP contribution in [-0.2, 0) is 73.7 Å². The minimum Gasteiger partial charge on any atom is -0.201 e. The quantitative estimate of drug-likeness (QED) is 0.148. The first kappa shape index (κ1) is 47.7. The van der Waals surface area contributed by atoms with E-state index < -0.39 is 52.9 Å². The lowest BCUT2D eigenvalue weighted by atomic mass is 9.91. The average Bonchev–Trinajstić information content (AvgIpc) is 0.836. The van der Waals surface area contributed by atoms with Crippen LogP contribution in [0.2, 0.25) is 0 Å². The van der Waals surface area contributed by atoms with Crippen LogP contribution < -0.4 is 22.8 Å². The summed E-state index contributed by atoms with van der Waals surface area (Å²) >= 11 is 0. The molecule has 0 spiro atoms. The van der Waals surface area contributed by atoms with Crippen molar-refractivity contribution in [3.63, 3.8) is 0 Å². The number of benzene rings is 5. The number of hydrogen-bond donors (Lipinski definition) is 0. The summed E-state index contributed by atoms with van der Waals surface area (Å²) in [6.07, 6.45) is 15.7. The van der Waals surface area contributed by atoms with Gasteiger partial charge in [0, 0.05) is 112 Å². The van der Waals surface area contributed by atoms with Crippen LogP contribution in [0.15, 0.2) is 140 Å². The van der Waals surface area contributed by atoms with Crippen molar-refractivity contribution in [1.29, 1.82) is 0 Å². The molecular weight excluding hydrogens is 1140 g/mol. The highest BCUT2D eigenvalue weighted by atomic mass is 14.9. The van der Waals surface area contributed by atoms with E-state index in [1.165, 1.54) is 102 Å². The van der Waals surface area contributed by atoms with Gasteiger partial charge < -0.3 is 0 Å². The van der Waals surface area contributed by atoms with Crippen molar-refractivity contribution in [3.05, 3.63) is 263 Å². The second-order valence-corrected chi connectivity index (χ2v) is 26.5. The molecule has 5 heteroatoms. The lowest BCUT2D eigenvalue weighted by Gasteiger charge is -2.15. The maximum atomic E-state index is 8.30. The summed E-state index contributed by atoms with van der Waals surface area (Å²) in [5.41, 5.74) is 30.2. The van der Waals surface area contributed by atoms with E-state index in [-0.39, 0.29) is 18.4 Å². The Kier molecular flexibility index (Phi) is 15.5. The smallest absolute Gasteiger partial charge is 0.201 e. The second kappa shape index (κ2) is 30.5. The molecule has 0 fully saturated rings. The average molecular weight is 1270 g/mol. The first-order chi connectivity index (χ1) is 52.5. The Labute approximate surface area is 596 Å². The number of fused-ring (bicyclic) bond motifs is 3. The predicted molar refractivity (Wildman–Crippen MR) is 396 cm³/mol. The lowest BCUT2D eigenvalue weighted by Crippen LogP contribution is -2.33. The number of rotatable bonds is 6. The van der Waals surface area contributed by atoms with Gasteiger partial charge in [-0.1, -0.05) is 96.7 Å². The zero-order valence-corrected chi connectivity index (χ0v) is 58.9. The van der Waals surface area contributed by atoms with E-state index >= 15 is 0 Å². The Morgan fingerprint density at radius 2 is 0.691 bits per heavy atom. The molecule has 0 amide bonds. The largest absolute Gasteiger partial charge is 0.215 e. The van der Waals surface area contributed by atoms with Gasteiger partial charge in [-0.25, -0.2) is 22.8 Å². The van der Waals surface area contributed by atoms with Gasteiger partial charge >= 0.3 is 0 Å². The van der Waals surface area contributed by atoms with E-state index in [2.05, 4.69) is 112 Å². The summed E-state index contributed by atoms with van der Waals surface area (Å²) in [5.74, 6) is -1.70. The summed E-state index contributed by atoms with van der Waals surface area (Å²) in [6, 6.07) is 35.2. The summed E-state index contributed by atoms with van der Waals surface area (Å²) in [4.78, 5) is 0. The number of hydrogen-bond acceptors (Lipinski definition) is 0. The molecule has 0 bridgehead atoms. The van der Waals surface area contributed by atoms with Gasteiger partial charge in [0.1, 0.15) is 35.2 Å². The normalized spacial score (nSPS) is 18.4.